The molecule has 0 bridgehead atoms. The van der Waals surface area contributed by atoms with Crippen LogP contribution in [0.25, 0.3) is 0 Å². The number of ether oxygens (including phenoxy) is 1. The number of hydrogen-bond donors (Lipinski definition) is 1. The number of methoxy groups -OCH3 is 1. The first kappa shape index (κ1) is 15.1. The molecular weight excluding hydrogens is 249 g/mol. The number of esters is 1. The van der Waals surface area contributed by atoms with Crippen molar-refractivity contribution < 1.29 is 18.7 Å². The number of nitrogens with one attached hydrogen (secondary N) is 1. The van der Waals surface area contributed by atoms with Crippen LogP contribution in [-0.2, 0) is 20.7 Å². The molecule has 1 aromatic rings. The number of benzene rings is 1. The van der Waals surface area contributed by atoms with E-state index in [-0.39, 0.29) is 24.1 Å². The molecule has 0 aliphatic rings. The highest BCUT2D eigenvalue weighted by molar-refractivity contribution is 5.85. The molecule has 5 heteroatoms. The second kappa shape index (κ2) is 6.87. The number of amides is 1. The van der Waals surface area contributed by atoms with E-state index >= 15 is 0 Å². The van der Waals surface area contributed by atoms with Crippen molar-refractivity contribution in [3.63, 3.8) is 0 Å². The van der Waals surface area contributed by atoms with E-state index in [0.717, 1.165) is 0 Å². The normalized spacial score (nSPS) is 12.1. The third-order valence-electron chi connectivity index (χ3n) is 2.66. The van der Waals surface area contributed by atoms with E-state index in [0.29, 0.717) is 5.56 Å². The zero-order valence-electron chi connectivity index (χ0n) is 11.3. The zero-order chi connectivity index (χ0) is 14.4. The van der Waals surface area contributed by atoms with E-state index < -0.39 is 12.0 Å². The lowest BCUT2D eigenvalue weighted by Crippen LogP contribution is -2.44. The van der Waals surface area contributed by atoms with E-state index in [1.54, 1.807) is 26.0 Å². The molecule has 1 N–H and O–H groups in total. The lowest BCUT2D eigenvalue weighted by atomic mass is 10.0. The molecule has 0 heterocycles. The minimum absolute atomic E-state index is 0.197. The maximum atomic E-state index is 13.1. The molecule has 104 valence electrons. The molecule has 0 saturated heterocycles. The predicted octanol–water partition coefficient (Wildman–Crippen LogP) is 1.68. The summed E-state index contributed by atoms with van der Waals surface area (Å²) in [6.07, 6.45) is 0.197. The molecule has 0 aliphatic carbocycles. The van der Waals surface area contributed by atoms with E-state index in [1.165, 1.54) is 19.2 Å². The molecule has 4 nitrogen and oxygen atoms in total. The minimum atomic E-state index is -0.804. The highest BCUT2D eigenvalue weighted by Gasteiger charge is 2.23. The summed E-state index contributed by atoms with van der Waals surface area (Å²) in [5, 5.41) is 2.60. The van der Waals surface area contributed by atoms with Gasteiger partial charge in [0.25, 0.3) is 0 Å². The second-order valence-electron chi connectivity index (χ2n) is 4.57. The van der Waals surface area contributed by atoms with Gasteiger partial charge in [-0.25, -0.2) is 9.18 Å². The molecular formula is C14H18FNO3. The summed E-state index contributed by atoms with van der Waals surface area (Å²) in [4.78, 5) is 23.3. The lowest BCUT2D eigenvalue weighted by Gasteiger charge is -2.18. The predicted molar refractivity (Wildman–Crippen MR) is 68.9 cm³/mol. The third kappa shape index (κ3) is 4.69. The summed E-state index contributed by atoms with van der Waals surface area (Å²) in [7, 11) is 1.25. The molecule has 0 fully saturated rings. The van der Waals surface area contributed by atoms with E-state index in [2.05, 4.69) is 10.1 Å². The van der Waals surface area contributed by atoms with Gasteiger partial charge in [-0.15, -0.1) is 0 Å². The number of carbonyl (C=O) groups excluding carboxylic acids is 2. The Kier molecular flexibility index (Phi) is 5.48. The molecule has 0 unspecified atom stereocenters. The van der Waals surface area contributed by atoms with Crippen molar-refractivity contribution in [1.82, 2.24) is 5.32 Å². The van der Waals surface area contributed by atoms with Crippen LogP contribution < -0.4 is 5.32 Å². The Morgan fingerprint density at radius 2 is 2.05 bits per heavy atom. The summed E-state index contributed by atoms with van der Waals surface area (Å²) in [5.74, 6) is -1.40. The standard InChI is InChI=1S/C14H18FNO3/c1-9(2)13(17)16-12(14(18)19-3)8-10-5-4-6-11(15)7-10/h4-7,9,12H,8H2,1-3H3,(H,16,17)/t12-/m1/s1. The van der Waals surface area contributed by atoms with Crippen molar-refractivity contribution >= 4 is 11.9 Å². The molecule has 19 heavy (non-hydrogen) atoms. The van der Waals surface area contributed by atoms with Gasteiger partial charge < -0.3 is 10.1 Å². The van der Waals surface area contributed by atoms with Crippen LogP contribution in [0.4, 0.5) is 4.39 Å². The van der Waals surface area contributed by atoms with Crippen LogP contribution in [0.1, 0.15) is 19.4 Å². The third-order valence-corrected chi connectivity index (χ3v) is 2.66. The van der Waals surface area contributed by atoms with Crippen LogP contribution >= 0.6 is 0 Å². The minimum Gasteiger partial charge on any atom is -0.467 e. The SMILES string of the molecule is COC(=O)[C@@H](Cc1cccc(F)c1)NC(=O)C(C)C. The molecule has 1 rings (SSSR count). The van der Waals surface area contributed by atoms with E-state index in [9.17, 15) is 14.0 Å². The lowest BCUT2D eigenvalue weighted by molar-refractivity contribution is -0.145. The topological polar surface area (TPSA) is 55.4 Å². The van der Waals surface area contributed by atoms with Gasteiger partial charge in [0.05, 0.1) is 7.11 Å². The van der Waals surface area contributed by atoms with Gasteiger partial charge in [0.2, 0.25) is 5.91 Å². The molecule has 0 saturated carbocycles. The average Bonchev–Trinajstić information content (AvgIpc) is 2.36. The largest absolute Gasteiger partial charge is 0.467 e. The summed E-state index contributed by atoms with van der Waals surface area (Å²) in [6, 6.07) is 5.10. The fraction of sp³-hybridized carbons (Fsp3) is 0.429. The summed E-state index contributed by atoms with van der Waals surface area (Å²) in [6.45, 7) is 3.46. The quantitative estimate of drug-likeness (QED) is 0.826. The van der Waals surface area contributed by atoms with Crippen molar-refractivity contribution in [3.8, 4) is 0 Å². The number of carbonyl (C=O) groups is 2. The van der Waals surface area contributed by atoms with Crippen LogP contribution in [0.2, 0.25) is 0 Å². The average molecular weight is 267 g/mol. The van der Waals surface area contributed by atoms with Crippen molar-refractivity contribution in [2.45, 2.75) is 26.3 Å². The molecule has 0 radical (unpaired) electrons. The molecule has 0 aliphatic heterocycles. The summed E-state index contributed by atoms with van der Waals surface area (Å²) >= 11 is 0. The van der Waals surface area contributed by atoms with Gasteiger partial charge in [0, 0.05) is 12.3 Å². The van der Waals surface area contributed by atoms with Crippen molar-refractivity contribution in [2.24, 2.45) is 5.92 Å². The van der Waals surface area contributed by atoms with Gasteiger partial charge in [-0.3, -0.25) is 4.79 Å². The fourth-order valence-corrected chi connectivity index (χ4v) is 1.57. The highest BCUT2D eigenvalue weighted by atomic mass is 19.1. The molecule has 1 amide bonds. The number of rotatable bonds is 5. The molecule has 1 atom stereocenters. The highest BCUT2D eigenvalue weighted by Crippen LogP contribution is 2.08. The monoisotopic (exact) mass is 267 g/mol. The van der Waals surface area contributed by atoms with Gasteiger partial charge in [-0.2, -0.15) is 0 Å². The maximum absolute atomic E-state index is 13.1. The Bertz CT molecular complexity index is 460. The molecule has 0 aromatic heterocycles. The van der Waals surface area contributed by atoms with Crippen LogP contribution in [0.5, 0.6) is 0 Å². The van der Waals surface area contributed by atoms with Crippen molar-refractivity contribution in [3.05, 3.63) is 35.6 Å². The first-order chi connectivity index (χ1) is 8.93. The smallest absolute Gasteiger partial charge is 0.328 e. The zero-order valence-corrected chi connectivity index (χ0v) is 11.3. The van der Waals surface area contributed by atoms with Gasteiger partial charge in [0.15, 0.2) is 0 Å². The summed E-state index contributed by atoms with van der Waals surface area (Å²) < 4.78 is 17.7. The van der Waals surface area contributed by atoms with Gasteiger partial charge in [-0.1, -0.05) is 26.0 Å². The van der Waals surface area contributed by atoms with Crippen LogP contribution in [0, 0.1) is 11.7 Å². The van der Waals surface area contributed by atoms with Crippen LogP contribution in [0.3, 0.4) is 0 Å². The Morgan fingerprint density at radius 1 is 1.37 bits per heavy atom. The van der Waals surface area contributed by atoms with Crippen molar-refractivity contribution in [1.29, 1.82) is 0 Å². The van der Waals surface area contributed by atoms with Gasteiger partial charge >= 0.3 is 5.97 Å². The van der Waals surface area contributed by atoms with E-state index in [1.807, 2.05) is 0 Å². The first-order valence-electron chi connectivity index (χ1n) is 6.06. The number of halogens is 1. The van der Waals surface area contributed by atoms with Crippen LogP contribution in [0.15, 0.2) is 24.3 Å². The van der Waals surface area contributed by atoms with E-state index in [4.69, 9.17) is 0 Å². The van der Waals surface area contributed by atoms with Gasteiger partial charge in [-0.05, 0) is 17.7 Å². The van der Waals surface area contributed by atoms with Crippen molar-refractivity contribution in [2.75, 3.05) is 7.11 Å². The Balaban J connectivity index is 2.80. The fourth-order valence-electron chi connectivity index (χ4n) is 1.57. The Hall–Kier alpha value is -1.91. The van der Waals surface area contributed by atoms with Crippen LogP contribution in [-0.4, -0.2) is 25.0 Å². The Morgan fingerprint density at radius 3 is 2.58 bits per heavy atom. The summed E-state index contributed by atoms with van der Waals surface area (Å²) in [5.41, 5.74) is 0.624. The second-order valence-corrected chi connectivity index (χ2v) is 4.57. The number of hydrogen-bond acceptors (Lipinski definition) is 3. The first-order valence-corrected chi connectivity index (χ1v) is 6.06. The molecule has 1 aromatic carbocycles. The Labute approximate surface area is 112 Å². The van der Waals surface area contributed by atoms with Gasteiger partial charge in [0.1, 0.15) is 11.9 Å². The maximum Gasteiger partial charge on any atom is 0.328 e. The molecule has 0 spiro atoms.